The molecule has 0 spiro atoms. The maximum Gasteiger partial charge on any atom is 0.0931 e. The lowest BCUT2D eigenvalue weighted by atomic mass is 10.2. The summed E-state index contributed by atoms with van der Waals surface area (Å²) < 4.78 is 0.868. The third-order valence-corrected chi connectivity index (χ3v) is 5.16. The number of benzene rings is 1. The van der Waals surface area contributed by atoms with Crippen LogP contribution in [0.25, 0.3) is 0 Å². The monoisotopic (exact) mass is 311 g/mol. The van der Waals surface area contributed by atoms with Crippen LogP contribution in [0.1, 0.15) is 23.8 Å². The molecular weight excluding hydrogens is 294 g/mol. The summed E-state index contributed by atoms with van der Waals surface area (Å²) >= 11 is 9.44. The van der Waals surface area contributed by atoms with Crippen molar-refractivity contribution in [1.29, 1.82) is 0 Å². The van der Waals surface area contributed by atoms with Gasteiger partial charge in [0.15, 0.2) is 0 Å². The van der Waals surface area contributed by atoms with Crippen molar-refractivity contribution in [3.05, 3.63) is 51.2 Å². The lowest BCUT2D eigenvalue weighted by Gasteiger charge is -2.05. The van der Waals surface area contributed by atoms with Crippen LogP contribution in [0.15, 0.2) is 41.3 Å². The molecule has 1 nitrogen and oxygen atoms in total. The van der Waals surface area contributed by atoms with Crippen molar-refractivity contribution in [1.82, 2.24) is 5.32 Å². The third-order valence-electron chi connectivity index (χ3n) is 2.69. The summed E-state index contributed by atoms with van der Waals surface area (Å²) in [7, 11) is 0. The highest BCUT2D eigenvalue weighted by atomic mass is 35.5. The van der Waals surface area contributed by atoms with Crippen LogP contribution in [0.5, 0.6) is 0 Å². The van der Waals surface area contributed by atoms with E-state index in [2.05, 4.69) is 42.6 Å². The number of hydrogen-bond donors (Lipinski definition) is 1. The molecule has 19 heavy (non-hydrogen) atoms. The topological polar surface area (TPSA) is 12.0 Å². The summed E-state index contributed by atoms with van der Waals surface area (Å²) in [5.74, 6) is 0.991. The van der Waals surface area contributed by atoms with Crippen molar-refractivity contribution in [3.63, 3.8) is 0 Å². The maximum absolute atomic E-state index is 5.93. The second-order valence-corrected chi connectivity index (χ2v) is 7.16. The Bertz CT molecular complexity index is 493. The van der Waals surface area contributed by atoms with Crippen LogP contribution in [0, 0.1) is 0 Å². The van der Waals surface area contributed by atoms with Crippen LogP contribution in [0.3, 0.4) is 0 Å². The molecule has 0 radical (unpaired) electrons. The summed E-state index contributed by atoms with van der Waals surface area (Å²) in [5, 5.41) is 3.41. The maximum atomic E-state index is 5.93. The van der Waals surface area contributed by atoms with E-state index in [0.717, 1.165) is 23.2 Å². The van der Waals surface area contributed by atoms with E-state index in [1.54, 1.807) is 11.3 Å². The third kappa shape index (κ3) is 5.19. The zero-order valence-electron chi connectivity index (χ0n) is 11.0. The van der Waals surface area contributed by atoms with Crippen LogP contribution >= 0.6 is 34.7 Å². The Morgan fingerprint density at radius 1 is 1.16 bits per heavy atom. The van der Waals surface area contributed by atoms with Crippen molar-refractivity contribution >= 4 is 34.7 Å². The molecule has 1 N–H and O–H groups in total. The van der Waals surface area contributed by atoms with Gasteiger partial charge in [0.05, 0.1) is 4.34 Å². The molecule has 0 fully saturated rings. The van der Waals surface area contributed by atoms with Crippen molar-refractivity contribution in [2.75, 3.05) is 6.54 Å². The Morgan fingerprint density at radius 2 is 1.95 bits per heavy atom. The van der Waals surface area contributed by atoms with E-state index in [-0.39, 0.29) is 0 Å². The van der Waals surface area contributed by atoms with Gasteiger partial charge in [-0.15, -0.1) is 23.1 Å². The summed E-state index contributed by atoms with van der Waals surface area (Å²) in [6.07, 6.45) is 1.18. The standard InChI is InChI=1S/C15H18ClNS2/c1-2-9-17-10-12-3-5-13(6-4-12)18-11-14-7-8-15(16)19-14/h3-8,17H,2,9-11H2,1H3. The van der Waals surface area contributed by atoms with Crippen LogP contribution in [0.4, 0.5) is 0 Å². The Balaban J connectivity index is 1.81. The van der Waals surface area contributed by atoms with E-state index >= 15 is 0 Å². The number of halogens is 1. The van der Waals surface area contributed by atoms with Gasteiger partial charge >= 0.3 is 0 Å². The Morgan fingerprint density at radius 3 is 2.58 bits per heavy atom. The van der Waals surface area contributed by atoms with Gasteiger partial charge in [-0.05, 0) is 42.8 Å². The first kappa shape index (κ1) is 14.9. The molecule has 1 aromatic carbocycles. The number of thiophene rings is 1. The van der Waals surface area contributed by atoms with Crippen molar-refractivity contribution in [2.45, 2.75) is 30.5 Å². The van der Waals surface area contributed by atoms with Gasteiger partial charge < -0.3 is 5.32 Å². The van der Waals surface area contributed by atoms with Gasteiger partial charge in [-0.2, -0.15) is 0 Å². The molecule has 0 aliphatic rings. The summed E-state index contributed by atoms with van der Waals surface area (Å²) in [6.45, 7) is 4.22. The van der Waals surface area contributed by atoms with Crippen LogP contribution in [0.2, 0.25) is 4.34 Å². The molecule has 0 bridgehead atoms. The second kappa shape index (κ2) is 7.95. The smallest absolute Gasteiger partial charge is 0.0931 e. The zero-order chi connectivity index (χ0) is 13.5. The van der Waals surface area contributed by atoms with E-state index in [0.29, 0.717) is 0 Å². The van der Waals surface area contributed by atoms with Crippen molar-refractivity contribution < 1.29 is 0 Å². The Kier molecular flexibility index (Phi) is 6.24. The molecule has 4 heteroatoms. The molecule has 0 aliphatic carbocycles. The number of hydrogen-bond acceptors (Lipinski definition) is 3. The molecule has 0 saturated carbocycles. The van der Waals surface area contributed by atoms with Gasteiger partial charge in [0.25, 0.3) is 0 Å². The largest absolute Gasteiger partial charge is 0.313 e. The molecule has 1 heterocycles. The lowest BCUT2D eigenvalue weighted by molar-refractivity contribution is 0.675. The van der Waals surface area contributed by atoms with E-state index in [1.807, 2.05) is 17.8 Å². The SMILES string of the molecule is CCCNCc1ccc(SCc2ccc(Cl)s2)cc1. The molecule has 0 unspecified atom stereocenters. The lowest BCUT2D eigenvalue weighted by Crippen LogP contribution is -2.13. The quantitative estimate of drug-likeness (QED) is 0.557. The molecule has 102 valence electrons. The minimum absolute atomic E-state index is 0.868. The van der Waals surface area contributed by atoms with E-state index < -0.39 is 0 Å². The number of thioether (sulfide) groups is 1. The Hall–Kier alpha value is -0.480. The first-order chi connectivity index (χ1) is 9.28. The molecule has 2 rings (SSSR count). The van der Waals surface area contributed by atoms with Gasteiger partial charge in [-0.25, -0.2) is 0 Å². The molecule has 0 atom stereocenters. The van der Waals surface area contributed by atoms with Crippen molar-refractivity contribution in [3.8, 4) is 0 Å². The summed E-state index contributed by atoms with van der Waals surface area (Å²) in [4.78, 5) is 2.63. The normalized spacial score (nSPS) is 10.8. The number of rotatable bonds is 7. The van der Waals surface area contributed by atoms with E-state index in [9.17, 15) is 0 Å². The first-order valence-electron chi connectivity index (χ1n) is 6.44. The molecular formula is C15H18ClNS2. The van der Waals surface area contributed by atoms with E-state index in [4.69, 9.17) is 11.6 Å². The van der Waals surface area contributed by atoms with Crippen LogP contribution < -0.4 is 5.32 Å². The van der Waals surface area contributed by atoms with Crippen molar-refractivity contribution in [2.24, 2.45) is 0 Å². The second-order valence-electron chi connectivity index (χ2n) is 4.32. The molecule has 0 aliphatic heterocycles. The van der Waals surface area contributed by atoms with Gasteiger partial charge in [0.2, 0.25) is 0 Å². The molecule has 1 aromatic heterocycles. The minimum Gasteiger partial charge on any atom is -0.313 e. The Labute approximate surface area is 128 Å². The van der Waals surface area contributed by atoms with Crippen LogP contribution in [-0.2, 0) is 12.3 Å². The average Bonchev–Trinajstić information content (AvgIpc) is 2.84. The summed E-state index contributed by atoms with van der Waals surface area (Å²) in [5.41, 5.74) is 1.34. The highest BCUT2D eigenvalue weighted by molar-refractivity contribution is 7.98. The molecule has 0 amide bonds. The predicted octanol–water partition coefficient (Wildman–Crippen LogP) is 5.19. The van der Waals surface area contributed by atoms with Gasteiger partial charge in [0.1, 0.15) is 0 Å². The highest BCUT2D eigenvalue weighted by Crippen LogP contribution is 2.29. The predicted molar refractivity (Wildman–Crippen MR) is 87.3 cm³/mol. The summed E-state index contributed by atoms with van der Waals surface area (Å²) in [6, 6.07) is 12.9. The first-order valence-corrected chi connectivity index (χ1v) is 8.62. The minimum atomic E-state index is 0.868. The van der Waals surface area contributed by atoms with Gasteiger partial charge in [-0.3, -0.25) is 0 Å². The number of nitrogens with one attached hydrogen (secondary N) is 1. The van der Waals surface area contributed by atoms with Crippen LogP contribution in [-0.4, -0.2) is 6.54 Å². The molecule has 2 aromatic rings. The fraction of sp³-hybridized carbons (Fsp3) is 0.333. The highest BCUT2D eigenvalue weighted by Gasteiger charge is 2.00. The zero-order valence-corrected chi connectivity index (χ0v) is 13.4. The van der Waals surface area contributed by atoms with Gasteiger partial charge in [-0.1, -0.05) is 30.7 Å². The van der Waals surface area contributed by atoms with Gasteiger partial charge in [0, 0.05) is 22.1 Å². The fourth-order valence-electron chi connectivity index (χ4n) is 1.70. The fourth-order valence-corrected chi connectivity index (χ4v) is 3.73. The van der Waals surface area contributed by atoms with E-state index in [1.165, 1.54) is 21.8 Å². The average molecular weight is 312 g/mol. The molecule has 0 saturated heterocycles.